The lowest BCUT2D eigenvalue weighted by Gasteiger charge is -2.18. The van der Waals surface area contributed by atoms with E-state index in [0.29, 0.717) is 12.2 Å². The molecule has 0 N–H and O–H groups in total. The van der Waals surface area contributed by atoms with Gasteiger partial charge in [0, 0.05) is 0 Å². The molecule has 0 spiro atoms. The number of hydrogen-bond donors (Lipinski definition) is 0. The normalized spacial score (nSPS) is 11.3. The van der Waals surface area contributed by atoms with E-state index in [1.165, 1.54) is 5.56 Å². The molecule has 0 amide bonds. The van der Waals surface area contributed by atoms with E-state index in [9.17, 15) is 4.79 Å². The molecule has 3 heteroatoms. The molecule has 1 aromatic rings. The lowest BCUT2D eigenvalue weighted by atomic mass is 9.87. The van der Waals surface area contributed by atoms with E-state index >= 15 is 0 Å². The van der Waals surface area contributed by atoms with Crippen LogP contribution in [0.5, 0.6) is 0 Å². The molecule has 18 heavy (non-hydrogen) atoms. The summed E-state index contributed by atoms with van der Waals surface area (Å²) in [5.41, 5.74) is 1.78. The Hall–Kier alpha value is -1.35. The molecular weight excluding hydrogens is 228 g/mol. The minimum Gasteiger partial charge on any atom is -0.293 e. The van der Waals surface area contributed by atoms with Crippen LogP contribution in [0.3, 0.4) is 0 Å². The summed E-state index contributed by atoms with van der Waals surface area (Å²) in [7, 11) is 0. The molecule has 0 aromatic heterocycles. The molecule has 0 atom stereocenters. The van der Waals surface area contributed by atoms with E-state index in [2.05, 4.69) is 27.7 Å². The average molecular weight is 250 g/mol. The first kappa shape index (κ1) is 14.7. The van der Waals surface area contributed by atoms with E-state index < -0.39 is 5.97 Å². The van der Waals surface area contributed by atoms with Crippen LogP contribution < -0.4 is 0 Å². The maximum atomic E-state index is 11.6. The lowest BCUT2D eigenvalue weighted by Crippen LogP contribution is -2.12. The number of rotatable bonds is 5. The SMILES string of the molecule is CCCCOOC(=O)c1ccc(C(C)(C)C)cc1. The Labute approximate surface area is 109 Å². The second-order valence-electron chi connectivity index (χ2n) is 5.37. The van der Waals surface area contributed by atoms with Gasteiger partial charge < -0.3 is 0 Å². The van der Waals surface area contributed by atoms with Crippen LogP contribution in [-0.4, -0.2) is 12.6 Å². The van der Waals surface area contributed by atoms with Crippen molar-refractivity contribution in [3.63, 3.8) is 0 Å². The van der Waals surface area contributed by atoms with Gasteiger partial charge in [-0.2, -0.15) is 4.89 Å². The summed E-state index contributed by atoms with van der Waals surface area (Å²) in [4.78, 5) is 21.2. The van der Waals surface area contributed by atoms with E-state index in [0.717, 1.165) is 12.8 Å². The summed E-state index contributed by atoms with van der Waals surface area (Å²) in [5, 5.41) is 0. The van der Waals surface area contributed by atoms with Gasteiger partial charge in [-0.05, 0) is 29.5 Å². The molecule has 1 rings (SSSR count). The molecule has 0 aliphatic heterocycles. The van der Waals surface area contributed by atoms with Gasteiger partial charge in [-0.25, -0.2) is 4.79 Å². The average Bonchev–Trinajstić information content (AvgIpc) is 2.33. The topological polar surface area (TPSA) is 35.5 Å². The maximum absolute atomic E-state index is 11.6. The van der Waals surface area contributed by atoms with Gasteiger partial charge in [0.2, 0.25) is 0 Å². The number of carbonyl (C=O) groups excluding carboxylic acids is 1. The van der Waals surface area contributed by atoms with Crippen molar-refractivity contribution in [1.29, 1.82) is 0 Å². The highest BCUT2D eigenvalue weighted by Gasteiger charge is 2.15. The quantitative estimate of drug-likeness (QED) is 0.452. The van der Waals surface area contributed by atoms with E-state index in [1.807, 2.05) is 12.1 Å². The molecule has 0 bridgehead atoms. The third-order valence-corrected chi connectivity index (χ3v) is 2.70. The standard InChI is InChI=1S/C15H22O3/c1-5-6-11-17-18-14(16)12-7-9-13(10-8-12)15(2,3)4/h7-10H,5-6,11H2,1-4H3. The van der Waals surface area contributed by atoms with E-state index in [4.69, 9.17) is 9.78 Å². The van der Waals surface area contributed by atoms with Crippen molar-refractivity contribution in [3.8, 4) is 0 Å². The van der Waals surface area contributed by atoms with Crippen LogP contribution in [-0.2, 0) is 15.2 Å². The number of carbonyl (C=O) groups is 1. The van der Waals surface area contributed by atoms with Crippen LogP contribution in [0.1, 0.15) is 56.5 Å². The predicted octanol–water partition coefficient (Wildman–Crippen LogP) is 3.87. The second-order valence-corrected chi connectivity index (χ2v) is 5.37. The molecule has 0 saturated carbocycles. The van der Waals surface area contributed by atoms with Crippen molar-refractivity contribution < 1.29 is 14.6 Å². The Balaban J connectivity index is 2.54. The lowest BCUT2D eigenvalue weighted by molar-refractivity contribution is -0.241. The van der Waals surface area contributed by atoms with Crippen molar-refractivity contribution in [1.82, 2.24) is 0 Å². The van der Waals surface area contributed by atoms with Gasteiger partial charge in [-0.15, -0.1) is 0 Å². The second kappa shape index (κ2) is 6.55. The maximum Gasteiger partial charge on any atom is 0.373 e. The fourth-order valence-corrected chi connectivity index (χ4v) is 1.45. The molecule has 0 saturated heterocycles. The Morgan fingerprint density at radius 1 is 1.17 bits per heavy atom. The molecule has 3 nitrogen and oxygen atoms in total. The zero-order valence-electron chi connectivity index (χ0n) is 11.7. The van der Waals surface area contributed by atoms with Gasteiger partial charge in [0.05, 0.1) is 12.2 Å². The fourth-order valence-electron chi connectivity index (χ4n) is 1.45. The number of benzene rings is 1. The molecule has 100 valence electrons. The van der Waals surface area contributed by atoms with E-state index in [1.54, 1.807) is 12.1 Å². The zero-order valence-corrected chi connectivity index (χ0v) is 11.7. The fraction of sp³-hybridized carbons (Fsp3) is 0.533. The van der Waals surface area contributed by atoms with Crippen molar-refractivity contribution in [2.45, 2.75) is 46.0 Å². The Bertz CT molecular complexity index is 374. The molecule has 1 aromatic carbocycles. The summed E-state index contributed by atoms with van der Waals surface area (Å²) < 4.78 is 0. The number of unbranched alkanes of at least 4 members (excludes halogenated alkanes) is 1. The molecular formula is C15H22O3. The van der Waals surface area contributed by atoms with Crippen molar-refractivity contribution in [2.24, 2.45) is 0 Å². The minimum atomic E-state index is -0.438. The smallest absolute Gasteiger partial charge is 0.293 e. The summed E-state index contributed by atoms with van der Waals surface area (Å²) in [6, 6.07) is 7.43. The van der Waals surface area contributed by atoms with Crippen LogP contribution >= 0.6 is 0 Å². The van der Waals surface area contributed by atoms with Gasteiger partial charge in [-0.1, -0.05) is 46.2 Å². The highest BCUT2D eigenvalue weighted by atomic mass is 17.2. The van der Waals surface area contributed by atoms with Crippen molar-refractivity contribution in [2.75, 3.05) is 6.61 Å². The van der Waals surface area contributed by atoms with Gasteiger partial charge >= 0.3 is 5.97 Å². The van der Waals surface area contributed by atoms with Crippen LogP contribution in [0.15, 0.2) is 24.3 Å². The molecule has 0 aliphatic rings. The summed E-state index contributed by atoms with van der Waals surface area (Å²) >= 11 is 0. The first-order chi connectivity index (χ1) is 8.45. The van der Waals surface area contributed by atoms with Crippen molar-refractivity contribution >= 4 is 5.97 Å². The minimum absolute atomic E-state index is 0.0834. The summed E-state index contributed by atoms with van der Waals surface area (Å²) in [6.45, 7) is 8.90. The largest absolute Gasteiger partial charge is 0.373 e. The van der Waals surface area contributed by atoms with Gasteiger partial charge in [0.15, 0.2) is 0 Å². The summed E-state index contributed by atoms with van der Waals surface area (Å²) in [5.74, 6) is -0.438. The Morgan fingerprint density at radius 3 is 2.28 bits per heavy atom. The van der Waals surface area contributed by atoms with Gasteiger partial charge in [0.1, 0.15) is 0 Å². The van der Waals surface area contributed by atoms with Crippen LogP contribution in [0.25, 0.3) is 0 Å². The Kier molecular flexibility index (Phi) is 5.35. The highest BCUT2D eigenvalue weighted by Crippen LogP contribution is 2.22. The first-order valence-corrected chi connectivity index (χ1v) is 6.39. The van der Waals surface area contributed by atoms with Gasteiger partial charge in [-0.3, -0.25) is 4.89 Å². The molecule has 0 unspecified atom stereocenters. The third-order valence-electron chi connectivity index (χ3n) is 2.70. The number of hydrogen-bond acceptors (Lipinski definition) is 3. The molecule has 0 radical (unpaired) electrons. The predicted molar refractivity (Wildman–Crippen MR) is 71.4 cm³/mol. The third kappa shape index (κ3) is 4.49. The monoisotopic (exact) mass is 250 g/mol. The highest BCUT2D eigenvalue weighted by molar-refractivity contribution is 5.88. The van der Waals surface area contributed by atoms with Crippen LogP contribution in [0.4, 0.5) is 0 Å². The molecule has 0 heterocycles. The zero-order chi connectivity index (χ0) is 13.6. The molecule has 0 fully saturated rings. The van der Waals surface area contributed by atoms with E-state index in [-0.39, 0.29) is 5.41 Å². The van der Waals surface area contributed by atoms with Crippen molar-refractivity contribution in [3.05, 3.63) is 35.4 Å². The Morgan fingerprint density at radius 2 is 1.78 bits per heavy atom. The molecule has 0 aliphatic carbocycles. The van der Waals surface area contributed by atoms with Gasteiger partial charge in [0.25, 0.3) is 0 Å². The van der Waals surface area contributed by atoms with Crippen LogP contribution in [0.2, 0.25) is 0 Å². The first-order valence-electron chi connectivity index (χ1n) is 6.39. The van der Waals surface area contributed by atoms with Crippen LogP contribution in [0, 0.1) is 0 Å². The summed E-state index contributed by atoms with van der Waals surface area (Å²) in [6.07, 6.45) is 1.90.